The number of hydrogen-bond acceptors (Lipinski definition) is 16. The molecule has 0 saturated carbocycles. The largest absolute Gasteiger partial charge is 0.480 e. The highest BCUT2D eigenvalue weighted by molar-refractivity contribution is 5.98. The third-order valence-electron chi connectivity index (χ3n) is 17.5. The maximum atomic E-state index is 15.1. The van der Waals surface area contributed by atoms with Gasteiger partial charge in [0.15, 0.2) is 0 Å². The molecule has 2 aromatic heterocycles. The molecule has 28 nitrogen and oxygen atoms in total. The van der Waals surface area contributed by atoms with Gasteiger partial charge in [0.25, 0.3) is 0 Å². The number of aromatic nitrogens is 6. The highest BCUT2D eigenvalue weighted by Crippen LogP contribution is 2.32. The van der Waals surface area contributed by atoms with Crippen LogP contribution < -0.4 is 42.5 Å². The molecule has 0 aliphatic carbocycles. The first-order chi connectivity index (χ1) is 43.9. The number of likely N-dealkylation sites (tertiary alicyclic amines) is 2. The monoisotopic (exact) mass is 1260 g/mol. The number of nitrogens with one attached hydrogen (secondary N) is 8. The van der Waals surface area contributed by atoms with Crippen molar-refractivity contribution in [3.63, 3.8) is 0 Å². The molecule has 5 heterocycles. The van der Waals surface area contributed by atoms with Crippen molar-refractivity contribution in [1.82, 2.24) is 82.3 Å². The number of likely N-dealkylation sites (N-methyl/N-ethyl adjacent to an activating group) is 2. The molecule has 0 radical (unpaired) electrons. The predicted molar refractivity (Wildman–Crippen MR) is 335 cm³/mol. The molecule has 3 aliphatic rings. The Kier molecular flexibility index (Phi) is 21.1. The SMILES string of the molecule is CN[C@@H](C)C(=O)N[C@H](C(=O)N1C[C@@H]2C[C@H]1C(=O)N[C@@H](Cc1ccc3ccccc3c1)C(=O)N[C@H](C(=O)O)Cc1cn(nn1)[C@H]1C[C@@H](C(=O)N[C@@H](Cc3ccc4ccccc4c3)C(=O)N[C@H](C(=O)O)Cc3cn2nn3)N(C(=O)[C@@H](NC(=O)[C@H](C)NC)C(C)C)C1)C(C)C. The van der Waals surface area contributed by atoms with Crippen LogP contribution in [0.15, 0.2) is 97.3 Å². The number of rotatable bonds is 16. The van der Waals surface area contributed by atoms with Gasteiger partial charge in [-0.25, -0.2) is 19.0 Å². The fourth-order valence-corrected chi connectivity index (χ4v) is 11.9. The number of benzene rings is 4. The molecule has 8 bridgehead atoms. The zero-order valence-corrected chi connectivity index (χ0v) is 52.5. The number of carboxylic acid groups (broad SMARTS) is 2. The van der Waals surface area contributed by atoms with Crippen LogP contribution in [0.5, 0.6) is 0 Å². The van der Waals surface area contributed by atoms with Gasteiger partial charge in [-0.15, -0.1) is 10.2 Å². The summed E-state index contributed by atoms with van der Waals surface area (Å²) in [5.74, 6) is -9.56. The molecule has 2 saturated heterocycles. The van der Waals surface area contributed by atoms with Crippen molar-refractivity contribution in [2.75, 3.05) is 27.2 Å². The van der Waals surface area contributed by atoms with E-state index in [0.717, 1.165) is 21.5 Å². The average Bonchev–Trinajstić information content (AvgIpc) is 1.72. The summed E-state index contributed by atoms with van der Waals surface area (Å²) < 4.78 is 2.74. The second-order valence-electron chi connectivity index (χ2n) is 24.8. The molecule has 6 aromatic rings. The normalized spacial score (nSPS) is 23.0. The lowest BCUT2D eigenvalue weighted by molar-refractivity contribution is -0.144. The molecular weight excluding hydrogens is 1180 g/mol. The van der Waals surface area contributed by atoms with Gasteiger partial charge in [0.05, 0.1) is 35.6 Å². The smallest absolute Gasteiger partial charge is 0.326 e. The molecule has 92 heavy (non-hydrogen) atoms. The fourth-order valence-electron chi connectivity index (χ4n) is 11.9. The standard InChI is InChI=1S/C64H80N16O12/c1-33(2)53(71-55(81)35(5)65-7)61(87)77-31-45-27-51(77)59(85)67-47(23-37-17-19-39-13-9-11-15-41(39)21-37)57(83)69-50(64(91)92)26-44-30-80(76-74-44)46-28-52(78(32-46)62(88)54(34(3)4)72-56(82)36(6)66-8)60(86)68-48(24-38-18-20-40-14-10-12-16-42(40)22-38)58(84)70-49(63(89)90)25-43-29-79(45)75-73-43/h9-22,29-30,33-36,45-54,65-66H,23-28,31-32H2,1-8H3,(H,67,85)(H,68,86)(H,69,83)(H,70,84)(H,71,81)(H,72,82)(H,89,90)(H,91,92)/t35-,36-,45-,46-,47-,48-,49-,50-,51-,52-,53-,54-/m0/s1. The summed E-state index contributed by atoms with van der Waals surface area (Å²) in [5.41, 5.74) is 1.34. The number of fused-ring (bicyclic) bond motifs is 12. The number of aliphatic carboxylic acids is 2. The average molecular weight is 1270 g/mol. The van der Waals surface area contributed by atoms with Gasteiger partial charge in [-0.3, -0.25) is 38.4 Å². The van der Waals surface area contributed by atoms with Gasteiger partial charge >= 0.3 is 11.9 Å². The zero-order chi connectivity index (χ0) is 66.2. The van der Waals surface area contributed by atoms with E-state index in [9.17, 15) is 48.6 Å². The third-order valence-corrected chi connectivity index (χ3v) is 17.5. The van der Waals surface area contributed by atoms with Gasteiger partial charge in [-0.1, -0.05) is 123 Å². The molecule has 9 rings (SSSR count). The Morgan fingerprint density at radius 2 is 0.891 bits per heavy atom. The van der Waals surface area contributed by atoms with Gasteiger partial charge in [-0.05, 0) is 72.5 Å². The number of nitrogens with zero attached hydrogens (tertiary/aromatic N) is 8. The Labute approximate surface area is 530 Å². The molecule has 28 heteroatoms. The van der Waals surface area contributed by atoms with E-state index < -0.39 is 156 Å². The molecule has 4 aromatic carbocycles. The van der Waals surface area contributed by atoms with Gasteiger partial charge in [-0.2, -0.15) is 0 Å². The van der Waals surface area contributed by atoms with Crippen LogP contribution in [0.2, 0.25) is 0 Å². The maximum Gasteiger partial charge on any atom is 0.326 e. The summed E-state index contributed by atoms with van der Waals surface area (Å²) in [6, 6.07) is 11.6. The quantitative estimate of drug-likeness (QED) is 0.0625. The number of amides is 8. The lowest BCUT2D eigenvalue weighted by Gasteiger charge is -2.32. The Balaban J connectivity index is 1.11. The second kappa shape index (κ2) is 29.1. The van der Waals surface area contributed by atoms with Crippen molar-refractivity contribution in [1.29, 1.82) is 0 Å². The molecule has 488 valence electrons. The van der Waals surface area contributed by atoms with Crippen molar-refractivity contribution in [3.05, 3.63) is 120 Å². The molecule has 8 amide bonds. The van der Waals surface area contributed by atoms with Crippen LogP contribution in [0.25, 0.3) is 21.5 Å². The first-order valence-electron chi connectivity index (χ1n) is 30.9. The van der Waals surface area contributed by atoms with E-state index in [2.05, 4.69) is 63.2 Å². The van der Waals surface area contributed by atoms with Crippen LogP contribution in [0.1, 0.15) is 89.0 Å². The van der Waals surface area contributed by atoms with E-state index in [1.54, 1.807) is 67.8 Å². The minimum Gasteiger partial charge on any atom is -0.480 e. The van der Waals surface area contributed by atoms with E-state index in [-0.39, 0.29) is 50.2 Å². The fraction of sp³-hybridized carbons (Fsp3) is 0.469. The van der Waals surface area contributed by atoms with E-state index in [4.69, 9.17) is 0 Å². The van der Waals surface area contributed by atoms with E-state index in [1.165, 1.54) is 31.6 Å². The lowest BCUT2D eigenvalue weighted by Crippen LogP contribution is -2.59. The van der Waals surface area contributed by atoms with Crippen LogP contribution >= 0.6 is 0 Å². The first kappa shape index (κ1) is 66.7. The Bertz CT molecular complexity index is 3520. The van der Waals surface area contributed by atoms with Crippen molar-refractivity contribution in [2.24, 2.45) is 11.8 Å². The minimum absolute atomic E-state index is 0.0758. The molecule has 0 unspecified atom stereocenters. The van der Waals surface area contributed by atoms with Crippen LogP contribution in [-0.2, 0) is 73.6 Å². The maximum absolute atomic E-state index is 15.1. The predicted octanol–water partition coefficient (Wildman–Crippen LogP) is 0.350. The summed E-state index contributed by atoms with van der Waals surface area (Å²) in [6.45, 7) is 9.77. The van der Waals surface area contributed by atoms with Gasteiger partial charge < -0.3 is 62.5 Å². The third kappa shape index (κ3) is 15.5. The van der Waals surface area contributed by atoms with Crippen LogP contribution in [0.4, 0.5) is 0 Å². The van der Waals surface area contributed by atoms with Gasteiger partial charge in [0.1, 0.15) is 48.3 Å². The van der Waals surface area contributed by atoms with Crippen LogP contribution in [0.3, 0.4) is 0 Å². The Morgan fingerprint density at radius 1 is 0.522 bits per heavy atom. The van der Waals surface area contributed by atoms with Gasteiger partial charge in [0, 0.05) is 64.0 Å². The molecule has 10 N–H and O–H groups in total. The Morgan fingerprint density at radius 3 is 1.24 bits per heavy atom. The molecule has 3 aliphatic heterocycles. The second-order valence-corrected chi connectivity index (χ2v) is 24.8. The van der Waals surface area contributed by atoms with Gasteiger partial charge in [0.2, 0.25) is 47.3 Å². The summed E-state index contributed by atoms with van der Waals surface area (Å²) >= 11 is 0. The number of carbonyl (C=O) groups excluding carboxylic acids is 8. The van der Waals surface area contributed by atoms with Crippen LogP contribution in [-0.4, -0.2) is 197 Å². The number of hydrogen-bond donors (Lipinski definition) is 10. The molecular formula is C64H80N16O12. The van der Waals surface area contributed by atoms with Crippen molar-refractivity contribution >= 4 is 80.7 Å². The summed E-state index contributed by atoms with van der Waals surface area (Å²) in [4.78, 5) is 146. The highest BCUT2D eigenvalue weighted by atomic mass is 16.4. The zero-order valence-electron chi connectivity index (χ0n) is 52.5. The number of carboxylic acids is 2. The van der Waals surface area contributed by atoms with Crippen LogP contribution in [0, 0.1) is 11.8 Å². The Hall–Kier alpha value is -9.70. The number of carbonyl (C=O) groups is 10. The van der Waals surface area contributed by atoms with Crippen molar-refractivity contribution in [3.8, 4) is 0 Å². The van der Waals surface area contributed by atoms with Crippen molar-refractivity contribution < 1.29 is 58.2 Å². The molecule has 12 atom stereocenters. The minimum atomic E-state index is -1.67. The summed E-state index contributed by atoms with van der Waals surface area (Å²) in [5, 5.41) is 64.5. The summed E-state index contributed by atoms with van der Waals surface area (Å²) in [6.07, 6.45) is 1.41. The van der Waals surface area contributed by atoms with E-state index >= 15 is 9.59 Å². The van der Waals surface area contributed by atoms with E-state index in [1.807, 2.05) is 72.8 Å². The summed E-state index contributed by atoms with van der Waals surface area (Å²) in [7, 11) is 3.17. The van der Waals surface area contributed by atoms with E-state index in [0.29, 0.717) is 11.1 Å². The lowest BCUT2D eigenvalue weighted by atomic mass is 9.99. The topological polar surface area (TPSA) is 375 Å². The highest BCUT2D eigenvalue weighted by Gasteiger charge is 2.47. The molecule has 2 fully saturated rings. The van der Waals surface area contributed by atoms with Crippen molar-refractivity contribution in [2.45, 2.75) is 153 Å². The molecule has 0 spiro atoms. The first-order valence-corrected chi connectivity index (χ1v) is 30.9.